The SMILES string of the molecule is c1ccc(-c2ccc(N3c4cc(-c5ccc6oc7ccccc7c6c5)cc5c4B(c4ccc6ccccc6c43)c3ccc4ccccc4c3N5c3ccc(-c4ccccc4)cc3)cc2)cc1. The molecular weight excluding hydrogens is 800 g/mol. The van der Waals surface area contributed by atoms with Crippen LogP contribution in [0.25, 0.3) is 76.9 Å². The van der Waals surface area contributed by atoms with Crippen molar-refractivity contribution >= 4 is 101 Å². The predicted octanol–water partition coefficient (Wildman–Crippen LogP) is 15.0. The molecule has 11 aromatic carbocycles. The minimum atomic E-state index is -0.0387. The van der Waals surface area contributed by atoms with E-state index in [2.05, 4.69) is 240 Å². The summed E-state index contributed by atoms with van der Waals surface area (Å²) in [5, 5.41) is 7.12. The zero-order valence-corrected chi connectivity index (χ0v) is 35.9. The zero-order valence-electron chi connectivity index (χ0n) is 35.9. The third-order valence-corrected chi connectivity index (χ3v) is 14.0. The topological polar surface area (TPSA) is 19.6 Å². The van der Waals surface area contributed by atoms with Gasteiger partial charge in [-0.25, -0.2) is 0 Å². The number of anilines is 6. The molecule has 0 saturated heterocycles. The number of benzene rings is 11. The molecule has 14 rings (SSSR count). The highest BCUT2D eigenvalue weighted by molar-refractivity contribution is 7.00. The Morgan fingerprint density at radius 3 is 1.29 bits per heavy atom. The summed E-state index contributed by atoms with van der Waals surface area (Å²) < 4.78 is 6.38. The van der Waals surface area contributed by atoms with Gasteiger partial charge in [-0.05, 0) is 115 Å². The number of furan rings is 1. The fraction of sp³-hybridized carbons (Fsp3) is 0. The normalized spacial score (nSPS) is 12.8. The van der Waals surface area contributed by atoms with Gasteiger partial charge in [0.05, 0.1) is 0 Å². The minimum Gasteiger partial charge on any atom is -0.456 e. The van der Waals surface area contributed by atoms with Gasteiger partial charge in [-0.3, -0.25) is 0 Å². The molecule has 3 heterocycles. The zero-order chi connectivity index (χ0) is 43.3. The van der Waals surface area contributed by atoms with Gasteiger partial charge >= 0.3 is 0 Å². The monoisotopic (exact) mass is 838 g/mol. The van der Waals surface area contributed by atoms with Gasteiger partial charge < -0.3 is 14.2 Å². The van der Waals surface area contributed by atoms with Gasteiger partial charge in [0.25, 0.3) is 6.71 Å². The van der Waals surface area contributed by atoms with Gasteiger partial charge in [0, 0.05) is 55.7 Å². The van der Waals surface area contributed by atoms with E-state index in [0.717, 1.165) is 44.4 Å². The summed E-state index contributed by atoms with van der Waals surface area (Å²) in [6, 6.07) is 86.9. The van der Waals surface area contributed by atoms with E-state index in [0.29, 0.717) is 0 Å². The van der Waals surface area contributed by atoms with Crippen LogP contribution >= 0.6 is 0 Å². The largest absolute Gasteiger partial charge is 0.456 e. The first-order valence-corrected chi connectivity index (χ1v) is 22.8. The van der Waals surface area contributed by atoms with Crippen molar-refractivity contribution in [3.63, 3.8) is 0 Å². The lowest BCUT2D eigenvalue weighted by molar-refractivity contribution is 0.669. The Morgan fingerprint density at radius 1 is 0.303 bits per heavy atom. The average Bonchev–Trinajstić information content (AvgIpc) is 3.77. The molecule has 0 radical (unpaired) electrons. The predicted molar refractivity (Wildman–Crippen MR) is 279 cm³/mol. The number of hydrogen-bond acceptors (Lipinski definition) is 3. The van der Waals surface area contributed by atoms with Gasteiger partial charge in [-0.1, -0.05) is 182 Å². The Kier molecular flexibility index (Phi) is 8.08. The van der Waals surface area contributed by atoms with Crippen LogP contribution in [-0.2, 0) is 0 Å². The highest BCUT2D eigenvalue weighted by atomic mass is 16.3. The molecule has 4 heteroatoms. The van der Waals surface area contributed by atoms with E-state index in [1.54, 1.807) is 0 Å². The quantitative estimate of drug-likeness (QED) is 0.161. The van der Waals surface area contributed by atoms with E-state index in [4.69, 9.17) is 4.42 Å². The Morgan fingerprint density at radius 2 is 0.742 bits per heavy atom. The summed E-state index contributed by atoms with van der Waals surface area (Å²) in [7, 11) is 0. The average molecular weight is 839 g/mol. The summed E-state index contributed by atoms with van der Waals surface area (Å²) in [5.41, 5.74) is 19.7. The van der Waals surface area contributed by atoms with E-state index in [9.17, 15) is 0 Å². The van der Waals surface area contributed by atoms with E-state index >= 15 is 0 Å². The molecule has 0 atom stereocenters. The summed E-state index contributed by atoms with van der Waals surface area (Å²) >= 11 is 0. The fourth-order valence-corrected chi connectivity index (χ4v) is 11.0. The molecule has 0 fully saturated rings. The second kappa shape index (κ2) is 14.5. The van der Waals surface area contributed by atoms with Crippen molar-refractivity contribution in [1.82, 2.24) is 0 Å². The Bertz CT molecular complexity index is 3680. The van der Waals surface area contributed by atoms with E-state index < -0.39 is 0 Å². The van der Waals surface area contributed by atoms with Crippen molar-refractivity contribution in [3.05, 3.63) is 237 Å². The summed E-state index contributed by atoms with van der Waals surface area (Å²) in [5.74, 6) is 0. The molecule has 0 spiro atoms. The smallest absolute Gasteiger partial charge is 0.252 e. The third-order valence-electron chi connectivity index (χ3n) is 14.0. The molecule has 0 amide bonds. The highest BCUT2D eigenvalue weighted by Crippen LogP contribution is 2.49. The van der Waals surface area contributed by atoms with E-state index in [-0.39, 0.29) is 6.71 Å². The van der Waals surface area contributed by atoms with Gasteiger partial charge in [-0.2, -0.15) is 0 Å². The van der Waals surface area contributed by atoms with Crippen LogP contribution in [0, 0.1) is 0 Å². The maximum Gasteiger partial charge on any atom is 0.252 e. The van der Waals surface area contributed by atoms with Crippen molar-refractivity contribution in [2.75, 3.05) is 9.80 Å². The van der Waals surface area contributed by atoms with Crippen molar-refractivity contribution in [2.45, 2.75) is 0 Å². The lowest BCUT2D eigenvalue weighted by Crippen LogP contribution is -2.61. The molecule has 0 N–H and O–H groups in total. The number of nitrogens with zero attached hydrogens (tertiary/aromatic N) is 2. The molecule has 66 heavy (non-hydrogen) atoms. The maximum atomic E-state index is 6.38. The lowest BCUT2D eigenvalue weighted by atomic mass is 9.33. The first-order valence-electron chi connectivity index (χ1n) is 22.8. The van der Waals surface area contributed by atoms with E-state index in [1.165, 1.54) is 82.9 Å². The first-order chi connectivity index (χ1) is 32.7. The number of para-hydroxylation sites is 1. The maximum absolute atomic E-state index is 6.38. The lowest BCUT2D eigenvalue weighted by Gasteiger charge is -2.45. The molecule has 0 unspecified atom stereocenters. The van der Waals surface area contributed by atoms with Crippen molar-refractivity contribution in [1.29, 1.82) is 0 Å². The summed E-state index contributed by atoms with van der Waals surface area (Å²) in [6.07, 6.45) is 0. The van der Waals surface area contributed by atoms with Crippen LogP contribution in [0.15, 0.2) is 241 Å². The molecule has 0 aliphatic carbocycles. The second-order valence-corrected chi connectivity index (χ2v) is 17.6. The van der Waals surface area contributed by atoms with Gasteiger partial charge in [-0.15, -0.1) is 0 Å². The van der Waals surface area contributed by atoms with Crippen LogP contribution in [-0.4, -0.2) is 6.71 Å². The van der Waals surface area contributed by atoms with Crippen LogP contribution < -0.4 is 26.2 Å². The van der Waals surface area contributed by atoms with Crippen molar-refractivity contribution in [2.24, 2.45) is 0 Å². The third kappa shape index (κ3) is 5.58. The standard InChI is InChI=1S/C62H39BN2O/c1-3-13-40(14-4-1)42-23-30-48(31-24-42)64-56-38-47(46-29-36-59-53(37-46)52-21-11-12-22-58(52)66-59)39-57-60(56)63(54-34-27-44-17-7-9-19-50(44)61(54)64)55-35-28-45-18-8-10-20-51(45)62(55)65(57)49-32-25-43(26-33-49)41-15-5-2-6-16-41/h1-39H. The fourth-order valence-electron chi connectivity index (χ4n) is 11.0. The first kappa shape index (κ1) is 36.8. The number of hydrogen-bond donors (Lipinski definition) is 0. The molecule has 1 aromatic heterocycles. The van der Waals surface area contributed by atoms with Gasteiger partial charge in [0.2, 0.25) is 0 Å². The van der Waals surface area contributed by atoms with Crippen LogP contribution in [0.4, 0.5) is 34.1 Å². The van der Waals surface area contributed by atoms with Gasteiger partial charge in [0.15, 0.2) is 0 Å². The Hall–Kier alpha value is -8.60. The number of fused-ring (bicyclic) bond motifs is 11. The van der Waals surface area contributed by atoms with Crippen molar-refractivity contribution < 1.29 is 4.42 Å². The molecule has 12 aromatic rings. The highest BCUT2D eigenvalue weighted by Gasteiger charge is 2.44. The van der Waals surface area contributed by atoms with Crippen LogP contribution in [0.1, 0.15) is 0 Å². The molecule has 0 saturated carbocycles. The summed E-state index contributed by atoms with van der Waals surface area (Å²) in [6.45, 7) is -0.0387. The number of rotatable bonds is 5. The van der Waals surface area contributed by atoms with Gasteiger partial charge in [0.1, 0.15) is 11.2 Å². The van der Waals surface area contributed by atoms with Crippen LogP contribution in [0.2, 0.25) is 0 Å². The second-order valence-electron chi connectivity index (χ2n) is 17.6. The Labute approximate surface area is 383 Å². The van der Waals surface area contributed by atoms with Crippen LogP contribution in [0.3, 0.4) is 0 Å². The molecule has 2 aliphatic rings. The molecule has 2 aliphatic heterocycles. The van der Waals surface area contributed by atoms with Crippen molar-refractivity contribution in [3.8, 4) is 33.4 Å². The molecule has 306 valence electrons. The molecule has 0 bridgehead atoms. The Balaban J connectivity index is 1.09. The summed E-state index contributed by atoms with van der Waals surface area (Å²) in [4.78, 5) is 5.11. The minimum absolute atomic E-state index is 0.0387. The van der Waals surface area contributed by atoms with E-state index in [1.807, 2.05) is 6.07 Å². The molecular formula is C62H39BN2O. The molecule has 3 nitrogen and oxygen atoms in total. The van der Waals surface area contributed by atoms with Crippen LogP contribution in [0.5, 0.6) is 0 Å².